The monoisotopic (exact) mass is 383 g/mol. The smallest absolute Gasteiger partial charge is 0.269 e. The van der Waals surface area contributed by atoms with Gasteiger partial charge >= 0.3 is 0 Å². The first kappa shape index (κ1) is 18.0. The van der Waals surface area contributed by atoms with E-state index in [1.54, 1.807) is 21.9 Å². The van der Waals surface area contributed by atoms with E-state index in [0.29, 0.717) is 9.78 Å². The minimum absolute atomic E-state index is 0.0368. The van der Waals surface area contributed by atoms with E-state index in [1.807, 2.05) is 45.2 Å². The Morgan fingerprint density at radius 1 is 1.50 bits per heavy atom. The van der Waals surface area contributed by atoms with Crippen LogP contribution in [0.15, 0.2) is 36.2 Å². The van der Waals surface area contributed by atoms with Gasteiger partial charge in [-0.15, -0.1) is 11.3 Å². The Morgan fingerprint density at radius 3 is 2.88 bits per heavy atom. The maximum Gasteiger partial charge on any atom is 0.269 e. The Balaban J connectivity index is 2.04. The maximum absolute atomic E-state index is 13.1. The first-order valence-electron chi connectivity index (χ1n) is 7.96. The van der Waals surface area contributed by atoms with Crippen molar-refractivity contribution in [2.45, 2.75) is 19.9 Å². The zero-order valence-electron chi connectivity index (χ0n) is 14.6. The molecule has 0 aliphatic heterocycles. The summed E-state index contributed by atoms with van der Waals surface area (Å²) in [5.41, 5.74) is 1.70. The van der Waals surface area contributed by atoms with Crippen LogP contribution in [-0.2, 0) is 11.8 Å². The van der Waals surface area contributed by atoms with Gasteiger partial charge in [-0.25, -0.2) is 4.98 Å². The van der Waals surface area contributed by atoms with E-state index in [1.165, 1.54) is 17.4 Å². The first-order valence-corrected chi connectivity index (χ1v) is 9.18. The summed E-state index contributed by atoms with van der Waals surface area (Å²) in [5.74, 6) is 0.196. The van der Waals surface area contributed by atoms with Gasteiger partial charge in [0.2, 0.25) is 0 Å². The van der Waals surface area contributed by atoms with Crippen LogP contribution in [0.5, 0.6) is 0 Å². The largest absolute Gasteiger partial charge is 0.337 e. The van der Waals surface area contributed by atoms with E-state index >= 15 is 0 Å². The lowest BCUT2D eigenvalue weighted by Gasteiger charge is -2.26. The Bertz CT molecular complexity index is 1100. The summed E-state index contributed by atoms with van der Waals surface area (Å²) in [4.78, 5) is 21.9. The summed E-state index contributed by atoms with van der Waals surface area (Å²) in [7, 11) is 1.81. The van der Waals surface area contributed by atoms with E-state index in [4.69, 9.17) is 12.2 Å². The molecule has 0 spiro atoms. The molecule has 3 rings (SSSR count). The maximum atomic E-state index is 13.1. The number of amides is 1. The second-order valence-corrected chi connectivity index (χ2v) is 7.75. The van der Waals surface area contributed by atoms with Crippen LogP contribution < -0.4 is 4.90 Å². The molecule has 6 nitrogen and oxygen atoms in total. The van der Waals surface area contributed by atoms with Gasteiger partial charge in [0, 0.05) is 37.2 Å². The molecule has 3 aromatic rings. The van der Waals surface area contributed by atoms with Gasteiger partial charge in [-0.1, -0.05) is 0 Å². The van der Waals surface area contributed by atoms with Crippen molar-refractivity contribution in [2.75, 3.05) is 4.90 Å². The zero-order chi connectivity index (χ0) is 18.8. The highest BCUT2D eigenvalue weighted by Gasteiger charge is 2.23. The minimum Gasteiger partial charge on any atom is -0.337 e. The zero-order valence-corrected chi connectivity index (χ0v) is 16.2. The molecule has 26 heavy (non-hydrogen) atoms. The van der Waals surface area contributed by atoms with E-state index in [9.17, 15) is 10.1 Å². The van der Waals surface area contributed by atoms with Gasteiger partial charge in [-0.3, -0.25) is 4.79 Å². The Morgan fingerprint density at radius 2 is 2.27 bits per heavy atom. The highest BCUT2D eigenvalue weighted by Crippen LogP contribution is 2.27. The number of hydrogen-bond donors (Lipinski definition) is 1. The molecule has 0 saturated carbocycles. The number of nitrogens with one attached hydrogen (secondary N) is 1. The van der Waals surface area contributed by atoms with Crippen LogP contribution in [0.3, 0.4) is 0 Å². The molecular weight excluding hydrogens is 366 g/mol. The molecule has 0 fully saturated rings. The predicted molar refractivity (Wildman–Crippen MR) is 106 cm³/mol. The fourth-order valence-electron chi connectivity index (χ4n) is 2.65. The molecule has 0 atom stereocenters. The molecule has 0 bridgehead atoms. The van der Waals surface area contributed by atoms with Crippen LogP contribution in [0.1, 0.15) is 19.7 Å². The van der Waals surface area contributed by atoms with Crippen LogP contribution in [0.2, 0.25) is 0 Å². The number of thiazole rings is 1. The number of H-pyrrole nitrogens is 1. The SMILES string of the molecule is CC(C)N(C(=O)/C(C#N)=C/c1nccn1C)c1ccc2[nH]c(=S)sc2c1. The summed E-state index contributed by atoms with van der Waals surface area (Å²) < 4.78 is 3.41. The van der Waals surface area contributed by atoms with Crippen LogP contribution in [0.4, 0.5) is 5.69 Å². The van der Waals surface area contributed by atoms with Crippen molar-refractivity contribution in [1.29, 1.82) is 5.26 Å². The second kappa shape index (κ2) is 7.23. The molecule has 2 aromatic heterocycles. The highest BCUT2D eigenvalue weighted by molar-refractivity contribution is 7.73. The number of aromatic nitrogens is 3. The number of rotatable bonds is 4. The molecule has 0 radical (unpaired) electrons. The molecule has 0 aliphatic carbocycles. The standard InChI is InChI=1S/C18H17N5OS2/c1-11(2)23(13-4-5-14-15(9-13)26-18(25)21-14)17(24)12(10-19)8-16-20-6-7-22(16)3/h4-9,11H,1-3H3,(H,21,25)/b12-8+. The average Bonchev–Trinajstić information content (AvgIpc) is 3.16. The second-order valence-electron chi connectivity index (χ2n) is 6.03. The molecule has 0 unspecified atom stereocenters. The number of anilines is 1. The summed E-state index contributed by atoms with van der Waals surface area (Å²) in [6, 6.07) is 7.56. The summed E-state index contributed by atoms with van der Waals surface area (Å²) in [6.45, 7) is 3.83. The number of nitriles is 1. The van der Waals surface area contributed by atoms with E-state index in [-0.39, 0.29) is 17.5 Å². The number of aromatic amines is 1. The molecule has 132 valence electrons. The quantitative estimate of drug-likeness (QED) is 0.419. The van der Waals surface area contributed by atoms with Crippen LogP contribution in [-0.4, -0.2) is 26.5 Å². The van der Waals surface area contributed by atoms with Gasteiger partial charge < -0.3 is 14.5 Å². The van der Waals surface area contributed by atoms with Gasteiger partial charge in [0.15, 0.2) is 3.95 Å². The van der Waals surface area contributed by atoms with Crippen molar-refractivity contribution in [1.82, 2.24) is 14.5 Å². The number of carbonyl (C=O) groups excluding carboxylic acids is 1. The number of benzene rings is 1. The van der Waals surface area contributed by atoms with Crippen LogP contribution >= 0.6 is 23.6 Å². The van der Waals surface area contributed by atoms with E-state index in [2.05, 4.69) is 9.97 Å². The third kappa shape index (κ3) is 3.45. The van der Waals surface area contributed by atoms with Gasteiger partial charge in [0.1, 0.15) is 17.5 Å². The fraction of sp³-hybridized carbons (Fsp3) is 0.222. The van der Waals surface area contributed by atoms with E-state index < -0.39 is 0 Å². The van der Waals surface area contributed by atoms with Gasteiger partial charge in [-0.2, -0.15) is 5.26 Å². The lowest BCUT2D eigenvalue weighted by Crippen LogP contribution is -2.37. The number of nitrogens with zero attached hydrogens (tertiary/aromatic N) is 4. The Labute approximate surface area is 160 Å². The molecule has 1 amide bonds. The Hall–Kier alpha value is -2.76. The van der Waals surface area contributed by atoms with Gasteiger partial charge in [0.25, 0.3) is 5.91 Å². The molecule has 2 heterocycles. The summed E-state index contributed by atoms with van der Waals surface area (Å²) in [6.07, 6.45) is 4.90. The predicted octanol–water partition coefficient (Wildman–Crippen LogP) is 4.04. The van der Waals surface area contributed by atoms with Gasteiger partial charge in [-0.05, 0) is 44.3 Å². The average molecular weight is 384 g/mol. The molecule has 1 N–H and O–H groups in total. The number of fused-ring (bicyclic) bond motifs is 1. The van der Waals surface area contributed by atoms with Crippen molar-refractivity contribution in [3.8, 4) is 6.07 Å². The van der Waals surface area contributed by atoms with Crippen molar-refractivity contribution in [2.24, 2.45) is 7.05 Å². The topological polar surface area (TPSA) is 77.7 Å². The molecule has 0 saturated heterocycles. The number of hydrogen-bond acceptors (Lipinski definition) is 5. The van der Waals surface area contributed by atoms with E-state index in [0.717, 1.165) is 15.9 Å². The third-order valence-corrected chi connectivity index (χ3v) is 5.10. The van der Waals surface area contributed by atoms with Crippen molar-refractivity contribution in [3.05, 3.63) is 45.9 Å². The normalized spacial score (nSPS) is 11.7. The van der Waals surface area contributed by atoms with Gasteiger partial charge in [0.05, 0.1) is 10.2 Å². The highest BCUT2D eigenvalue weighted by atomic mass is 32.1. The number of aryl methyl sites for hydroxylation is 1. The Kier molecular flexibility index (Phi) is 5.02. The van der Waals surface area contributed by atoms with Crippen molar-refractivity contribution in [3.63, 3.8) is 0 Å². The minimum atomic E-state index is -0.357. The number of carbonyl (C=O) groups is 1. The summed E-state index contributed by atoms with van der Waals surface area (Å²) in [5, 5.41) is 9.52. The molecule has 1 aromatic carbocycles. The first-order chi connectivity index (χ1) is 12.4. The van der Waals surface area contributed by atoms with Crippen LogP contribution in [0, 0.1) is 15.3 Å². The fourth-order valence-corrected chi connectivity index (χ4v) is 3.80. The molecular formula is C18H17N5OS2. The lowest BCUT2D eigenvalue weighted by atomic mass is 10.1. The molecule has 8 heteroatoms. The summed E-state index contributed by atoms with van der Waals surface area (Å²) >= 11 is 6.64. The lowest BCUT2D eigenvalue weighted by molar-refractivity contribution is -0.115. The van der Waals surface area contributed by atoms with Crippen molar-refractivity contribution < 1.29 is 4.79 Å². The van der Waals surface area contributed by atoms with Crippen molar-refractivity contribution >= 4 is 51.4 Å². The van der Waals surface area contributed by atoms with Crippen LogP contribution in [0.25, 0.3) is 16.3 Å². The third-order valence-electron chi connectivity index (χ3n) is 3.90. The molecule has 0 aliphatic rings. The number of imidazole rings is 1.